The fraction of sp³-hybridized carbons (Fsp3) is 0.344. The minimum Gasteiger partial charge on any atom is -0.490 e. The molecule has 1 aliphatic rings. The van der Waals surface area contributed by atoms with Gasteiger partial charge in [-0.15, -0.1) is 0 Å². The molecular formula is C32H36N8O3. The summed E-state index contributed by atoms with van der Waals surface area (Å²) < 4.78 is 15.5. The van der Waals surface area contributed by atoms with Crippen LogP contribution in [0.1, 0.15) is 39.2 Å². The van der Waals surface area contributed by atoms with Gasteiger partial charge in [0.2, 0.25) is 0 Å². The van der Waals surface area contributed by atoms with E-state index in [9.17, 15) is 4.79 Å². The molecule has 0 radical (unpaired) electrons. The van der Waals surface area contributed by atoms with E-state index in [1.807, 2.05) is 75.2 Å². The first-order valence-electron chi connectivity index (χ1n) is 14.5. The minimum absolute atomic E-state index is 0.0256. The van der Waals surface area contributed by atoms with Gasteiger partial charge < -0.3 is 19.7 Å². The predicted octanol–water partition coefficient (Wildman–Crippen LogP) is 5.58. The van der Waals surface area contributed by atoms with E-state index < -0.39 is 5.60 Å². The number of benzene rings is 1. The second-order valence-electron chi connectivity index (χ2n) is 11.8. The highest BCUT2D eigenvalue weighted by molar-refractivity contribution is 5.68. The largest absolute Gasteiger partial charge is 0.490 e. The highest BCUT2D eigenvalue weighted by Gasteiger charge is 2.27. The molecule has 1 aliphatic heterocycles. The molecule has 0 unspecified atom stereocenters. The molecule has 11 nitrogen and oxygen atoms in total. The lowest BCUT2D eigenvalue weighted by molar-refractivity contribution is 0.0126. The molecule has 5 heterocycles. The molecule has 0 spiro atoms. The zero-order valence-electron chi connectivity index (χ0n) is 24.9. The molecule has 0 saturated carbocycles. The number of carbonyl (C=O) groups excluding carboxylic acids is 1. The van der Waals surface area contributed by atoms with E-state index in [0.717, 1.165) is 58.1 Å². The molecule has 1 amide bonds. The number of ether oxygens (including phenoxy) is 2. The fourth-order valence-corrected chi connectivity index (χ4v) is 5.07. The fourth-order valence-electron chi connectivity index (χ4n) is 5.07. The van der Waals surface area contributed by atoms with Crippen molar-refractivity contribution in [2.24, 2.45) is 7.05 Å². The van der Waals surface area contributed by atoms with Crippen LogP contribution in [0.15, 0.2) is 73.6 Å². The monoisotopic (exact) mass is 580 g/mol. The van der Waals surface area contributed by atoms with Crippen LogP contribution in [-0.4, -0.2) is 64.9 Å². The van der Waals surface area contributed by atoms with Crippen molar-refractivity contribution in [2.75, 3.05) is 18.4 Å². The van der Waals surface area contributed by atoms with Gasteiger partial charge in [0, 0.05) is 69.6 Å². The zero-order valence-corrected chi connectivity index (χ0v) is 24.9. The van der Waals surface area contributed by atoms with Gasteiger partial charge in [-0.3, -0.25) is 9.08 Å². The summed E-state index contributed by atoms with van der Waals surface area (Å²) in [6, 6.07) is 14.2. The van der Waals surface area contributed by atoms with E-state index >= 15 is 0 Å². The Kier molecular flexibility index (Phi) is 7.71. The second-order valence-corrected chi connectivity index (χ2v) is 11.8. The van der Waals surface area contributed by atoms with Gasteiger partial charge in [0.15, 0.2) is 0 Å². The van der Waals surface area contributed by atoms with Crippen LogP contribution >= 0.6 is 0 Å². The number of piperidine rings is 1. The highest BCUT2D eigenvalue weighted by atomic mass is 16.6. The van der Waals surface area contributed by atoms with E-state index in [4.69, 9.17) is 9.47 Å². The van der Waals surface area contributed by atoms with Crippen molar-refractivity contribution in [2.45, 2.75) is 51.9 Å². The van der Waals surface area contributed by atoms with Gasteiger partial charge in [0.25, 0.3) is 0 Å². The lowest BCUT2D eigenvalue weighted by atomic mass is 10.1. The Balaban J connectivity index is 1.07. The third kappa shape index (κ3) is 6.77. The summed E-state index contributed by atoms with van der Waals surface area (Å²) in [4.78, 5) is 27.6. The Morgan fingerprint density at radius 2 is 1.79 bits per heavy atom. The molecule has 222 valence electrons. The standard InChI is InChI=1S/C32H36N8O3/c1-32(2,3)43-31(41)39-12-9-25(10-13-39)42-26-11-14-40-28(19-34-30(40)15-26)27-16-29(36-21-35-27)33-17-22-5-7-23(8-6-22)24-18-37-38(4)20-24/h5-8,11,14-16,18-21,25H,9-10,12-13,17H2,1-4H3,(H,33,35,36). The van der Waals surface area contributed by atoms with Crippen LogP contribution < -0.4 is 10.1 Å². The Morgan fingerprint density at radius 3 is 2.51 bits per heavy atom. The number of aryl methyl sites for hydroxylation is 1. The van der Waals surface area contributed by atoms with E-state index in [1.54, 1.807) is 15.9 Å². The quantitative estimate of drug-likeness (QED) is 0.266. The van der Waals surface area contributed by atoms with Crippen molar-refractivity contribution >= 4 is 17.6 Å². The third-order valence-electron chi connectivity index (χ3n) is 7.28. The molecule has 0 atom stereocenters. The van der Waals surface area contributed by atoms with Crippen molar-refractivity contribution in [1.82, 2.24) is 34.0 Å². The number of likely N-dealkylation sites (tertiary alicyclic amines) is 1. The minimum atomic E-state index is -0.499. The number of hydrogen-bond donors (Lipinski definition) is 1. The first-order chi connectivity index (χ1) is 20.7. The molecule has 0 aliphatic carbocycles. The van der Waals surface area contributed by atoms with Gasteiger partial charge in [-0.05, 0) is 38.0 Å². The van der Waals surface area contributed by atoms with Gasteiger partial charge >= 0.3 is 6.09 Å². The summed E-state index contributed by atoms with van der Waals surface area (Å²) in [5, 5.41) is 7.65. The summed E-state index contributed by atoms with van der Waals surface area (Å²) in [7, 11) is 1.92. The number of hydrogen-bond acceptors (Lipinski definition) is 8. The Morgan fingerprint density at radius 1 is 1.00 bits per heavy atom. The van der Waals surface area contributed by atoms with Gasteiger partial charge in [-0.1, -0.05) is 24.3 Å². The Labute approximate surface area is 250 Å². The lowest BCUT2D eigenvalue weighted by Crippen LogP contribution is -2.44. The average molecular weight is 581 g/mol. The maximum Gasteiger partial charge on any atom is 0.410 e. The highest BCUT2D eigenvalue weighted by Crippen LogP contribution is 2.26. The third-order valence-corrected chi connectivity index (χ3v) is 7.28. The van der Waals surface area contributed by atoms with Crippen LogP contribution in [-0.2, 0) is 18.3 Å². The lowest BCUT2D eigenvalue weighted by Gasteiger charge is -2.33. The molecule has 4 aromatic heterocycles. The van der Waals surface area contributed by atoms with E-state index in [0.29, 0.717) is 19.6 Å². The first-order valence-corrected chi connectivity index (χ1v) is 14.5. The topological polar surface area (TPSA) is 112 Å². The number of fused-ring (bicyclic) bond motifs is 1. The van der Waals surface area contributed by atoms with Crippen LogP contribution in [0.2, 0.25) is 0 Å². The SMILES string of the molecule is Cn1cc(-c2ccc(CNc3cc(-c4cnc5cc(OC6CCN(C(=O)OC(C)(C)C)CC6)ccn45)ncn3)cc2)cn1. The number of carbonyl (C=O) groups is 1. The molecule has 43 heavy (non-hydrogen) atoms. The number of aromatic nitrogens is 6. The molecule has 5 aromatic rings. The molecule has 1 saturated heterocycles. The van der Waals surface area contributed by atoms with E-state index in [1.165, 1.54) is 0 Å². The summed E-state index contributed by atoms with van der Waals surface area (Å²) in [6.07, 6.45) is 10.4. The Hall–Kier alpha value is -4.93. The van der Waals surface area contributed by atoms with Crippen LogP contribution in [0.5, 0.6) is 5.75 Å². The number of nitrogens with one attached hydrogen (secondary N) is 1. The average Bonchev–Trinajstić information content (AvgIpc) is 3.62. The van der Waals surface area contributed by atoms with Crippen molar-refractivity contribution < 1.29 is 14.3 Å². The molecule has 1 N–H and O–H groups in total. The zero-order chi connectivity index (χ0) is 30.0. The normalized spacial score (nSPS) is 14.2. The van der Waals surface area contributed by atoms with Crippen molar-refractivity contribution in [3.05, 3.63) is 79.1 Å². The van der Waals surface area contributed by atoms with Crippen LogP contribution in [0, 0.1) is 0 Å². The van der Waals surface area contributed by atoms with Gasteiger partial charge in [-0.25, -0.2) is 19.7 Å². The number of rotatable bonds is 7. The summed E-state index contributed by atoms with van der Waals surface area (Å²) in [5.74, 6) is 1.48. The smallest absolute Gasteiger partial charge is 0.410 e. The molecule has 1 fully saturated rings. The van der Waals surface area contributed by atoms with E-state index in [-0.39, 0.29) is 12.2 Å². The molecule has 11 heteroatoms. The van der Waals surface area contributed by atoms with Crippen LogP contribution in [0.3, 0.4) is 0 Å². The maximum absolute atomic E-state index is 12.4. The summed E-state index contributed by atoms with van der Waals surface area (Å²) >= 11 is 0. The van der Waals surface area contributed by atoms with Crippen LogP contribution in [0.4, 0.5) is 10.6 Å². The number of pyridine rings is 1. The Bertz CT molecular complexity index is 1710. The number of amides is 1. The molecule has 6 rings (SSSR count). The molecule has 1 aromatic carbocycles. The first kappa shape index (κ1) is 28.2. The summed E-state index contributed by atoms with van der Waals surface area (Å²) in [6.45, 7) is 7.49. The summed E-state index contributed by atoms with van der Waals surface area (Å²) in [5.41, 5.74) is 5.26. The van der Waals surface area contributed by atoms with Gasteiger partial charge in [-0.2, -0.15) is 5.10 Å². The maximum atomic E-state index is 12.4. The number of imidazole rings is 1. The second kappa shape index (κ2) is 11.7. The molecular weight excluding hydrogens is 544 g/mol. The van der Waals surface area contributed by atoms with Crippen molar-refractivity contribution in [1.29, 1.82) is 0 Å². The molecule has 0 bridgehead atoms. The van der Waals surface area contributed by atoms with Crippen molar-refractivity contribution in [3.63, 3.8) is 0 Å². The van der Waals surface area contributed by atoms with Crippen molar-refractivity contribution in [3.8, 4) is 28.3 Å². The van der Waals surface area contributed by atoms with E-state index in [2.05, 4.69) is 49.6 Å². The van der Waals surface area contributed by atoms with Crippen LogP contribution in [0.25, 0.3) is 28.2 Å². The number of nitrogens with zero attached hydrogens (tertiary/aromatic N) is 7. The van der Waals surface area contributed by atoms with Gasteiger partial charge in [0.05, 0.1) is 23.8 Å². The van der Waals surface area contributed by atoms with Gasteiger partial charge in [0.1, 0.15) is 35.2 Å². The predicted molar refractivity (Wildman–Crippen MR) is 164 cm³/mol. The number of anilines is 1.